The molecule has 0 saturated heterocycles. The van der Waals surface area contributed by atoms with Gasteiger partial charge in [-0.05, 0) is 30.7 Å². The molecule has 5 nitrogen and oxygen atoms in total. The molecule has 2 aromatic rings. The van der Waals surface area contributed by atoms with Gasteiger partial charge >= 0.3 is 5.69 Å². The third kappa shape index (κ3) is 2.60. The Morgan fingerprint density at radius 2 is 2.30 bits per heavy atom. The average molecular weight is 291 g/mol. The van der Waals surface area contributed by atoms with Crippen molar-refractivity contribution in [1.29, 1.82) is 0 Å². The number of hydrogen-bond donors (Lipinski definition) is 0. The van der Waals surface area contributed by atoms with Crippen molar-refractivity contribution >= 4 is 17.1 Å². The molecule has 0 unspecified atom stereocenters. The maximum atomic E-state index is 12.1. The van der Waals surface area contributed by atoms with Gasteiger partial charge in [0.25, 0.3) is 0 Å². The zero-order valence-electron chi connectivity index (χ0n) is 11.2. The molecule has 3 heterocycles. The van der Waals surface area contributed by atoms with E-state index in [0.29, 0.717) is 19.4 Å². The van der Waals surface area contributed by atoms with Crippen LogP contribution in [-0.4, -0.2) is 20.1 Å². The first-order valence-electron chi connectivity index (χ1n) is 6.99. The Balaban J connectivity index is 1.60. The molecule has 0 saturated carbocycles. The van der Waals surface area contributed by atoms with E-state index in [0.717, 1.165) is 36.5 Å². The van der Waals surface area contributed by atoms with Crippen LogP contribution in [0, 0.1) is 0 Å². The highest BCUT2D eigenvalue weighted by Gasteiger charge is 2.16. The van der Waals surface area contributed by atoms with Crippen molar-refractivity contribution in [1.82, 2.24) is 14.3 Å². The highest BCUT2D eigenvalue weighted by Crippen LogP contribution is 2.13. The molecule has 6 heteroatoms. The van der Waals surface area contributed by atoms with Crippen molar-refractivity contribution in [2.45, 2.75) is 45.2 Å². The highest BCUT2D eigenvalue weighted by molar-refractivity contribution is 7.12. The molecule has 0 bridgehead atoms. The van der Waals surface area contributed by atoms with Crippen molar-refractivity contribution in [2.24, 2.45) is 0 Å². The molecule has 106 valence electrons. The van der Waals surface area contributed by atoms with Gasteiger partial charge in [-0.3, -0.25) is 9.36 Å². The first-order chi connectivity index (χ1) is 9.75. The van der Waals surface area contributed by atoms with Crippen molar-refractivity contribution in [2.75, 3.05) is 0 Å². The average Bonchev–Trinajstić information content (AvgIpc) is 3.09. The number of hydrogen-bond acceptors (Lipinski definition) is 4. The van der Waals surface area contributed by atoms with E-state index in [4.69, 9.17) is 0 Å². The molecule has 0 radical (unpaired) electrons. The molecule has 1 aliphatic rings. The van der Waals surface area contributed by atoms with Gasteiger partial charge in [0.1, 0.15) is 5.82 Å². The summed E-state index contributed by atoms with van der Waals surface area (Å²) < 4.78 is 3.28. The highest BCUT2D eigenvalue weighted by atomic mass is 32.1. The van der Waals surface area contributed by atoms with E-state index in [1.165, 1.54) is 16.0 Å². The molecule has 0 N–H and O–H groups in total. The van der Waals surface area contributed by atoms with Gasteiger partial charge in [-0.1, -0.05) is 6.07 Å². The fraction of sp³-hybridized carbons (Fsp3) is 0.500. The van der Waals surface area contributed by atoms with Crippen LogP contribution < -0.4 is 5.69 Å². The number of carbonyl (C=O) groups is 1. The third-order valence-corrected chi connectivity index (χ3v) is 4.51. The van der Waals surface area contributed by atoms with Crippen LogP contribution in [0.15, 0.2) is 22.3 Å². The van der Waals surface area contributed by atoms with Gasteiger partial charge in [-0.15, -0.1) is 11.3 Å². The number of nitrogens with zero attached hydrogens (tertiary/aromatic N) is 3. The standard InChI is InChI=1S/C14H17N3O2S/c18-11(12-6-4-10-20-12)5-3-9-17-14(19)16-8-2-1-7-13(16)15-17/h4,6,10H,1-3,5,7-9H2. The lowest BCUT2D eigenvalue weighted by Gasteiger charge is -2.09. The van der Waals surface area contributed by atoms with Crippen LogP contribution in [0.4, 0.5) is 0 Å². The first kappa shape index (κ1) is 13.3. The Kier molecular flexibility index (Phi) is 3.82. The summed E-state index contributed by atoms with van der Waals surface area (Å²) in [5, 5.41) is 6.27. The smallest absolute Gasteiger partial charge is 0.293 e. The summed E-state index contributed by atoms with van der Waals surface area (Å²) in [6.45, 7) is 1.30. The van der Waals surface area contributed by atoms with Crippen LogP contribution in [0.1, 0.15) is 41.2 Å². The summed E-state index contributed by atoms with van der Waals surface area (Å²) >= 11 is 1.46. The maximum absolute atomic E-state index is 12.1. The van der Waals surface area contributed by atoms with Crippen LogP contribution in [0.3, 0.4) is 0 Å². The fourth-order valence-corrected chi connectivity index (χ4v) is 3.24. The minimum absolute atomic E-state index is 0.0247. The van der Waals surface area contributed by atoms with Gasteiger partial charge in [0.05, 0.1) is 4.88 Å². The molecule has 0 fully saturated rings. The molecule has 0 spiro atoms. The number of thiophene rings is 1. The molecule has 0 atom stereocenters. The van der Waals surface area contributed by atoms with E-state index >= 15 is 0 Å². The molecule has 20 heavy (non-hydrogen) atoms. The minimum atomic E-state index is -0.0247. The Bertz CT molecular complexity index is 655. The van der Waals surface area contributed by atoms with E-state index < -0.39 is 0 Å². The number of aryl methyl sites for hydroxylation is 2. The van der Waals surface area contributed by atoms with Crippen molar-refractivity contribution in [3.05, 3.63) is 38.7 Å². The topological polar surface area (TPSA) is 56.9 Å². The summed E-state index contributed by atoms with van der Waals surface area (Å²) in [6.07, 6.45) is 4.17. The largest absolute Gasteiger partial charge is 0.345 e. The molecular weight excluding hydrogens is 274 g/mol. The third-order valence-electron chi connectivity index (χ3n) is 3.60. The summed E-state index contributed by atoms with van der Waals surface area (Å²) in [4.78, 5) is 24.8. The lowest BCUT2D eigenvalue weighted by atomic mass is 10.2. The number of Topliss-reactive ketones (excluding diaryl/α,β-unsaturated/α-hetero) is 1. The van der Waals surface area contributed by atoms with E-state index in [1.807, 2.05) is 17.5 Å². The summed E-state index contributed by atoms with van der Waals surface area (Å²) in [5.74, 6) is 1.04. The second kappa shape index (κ2) is 5.75. The predicted octanol–water partition coefficient (Wildman–Crippen LogP) is 2.11. The Labute approximate surface area is 120 Å². The Morgan fingerprint density at radius 3 is 3.05 bits per heavy atom. The van der Waals surface area contributed by atoms with Gasteiger partial charge in [0.2, 0.25) is 0 Å². The monoisotopic (exact) mass is 291 g/mol. The van der Waals surface area contributed by atoms with Gasteiger partial charge in [0.15, 0.2) is 5.78 Å². The molecular formula is C14H17N3O2S. The molecule has 3 rings (SSSR count). The SMILES string of the molecule is O=C(CCCn1nc2n(c1=O)CCCC2)c1cccs1. The number of carbonyl (C=O) groups excluding carboxylic acids is 1. The number of ketones is 1. The fourth-order valence-electron chi connectivity index (χ4n) is 2.54. The van der Waals surface area contributed by atoms with Crippen LogP contribution in [-0.2, 0) is 19.5 Å². The molecule has 0 amide bonds. The zero-order chi connectivity index (χ0) is 13.9. The number of fused-ring (bicyclic) bond motifs is 1. The van der Waals surface area contributed by atoms with Crippen LogP contribution in [0.2, 0.25) is 0 Å². The zero-order valence-corrected chi connectivity index (χ0v) is 12.1. The maximum Gasteiger partial charge on any atom is 0.345 e. The molecule has 2 aromatic heterocycles. The Hall–Kier alpha value is -1.69. The van der Waals surface area contributed by atoms with E-state index in [1.54, 1.807) is 4.57 Å². The summed E-state index contributed by atoms with van der Waals surface area (Å²) in [6, 6.07) is 3.72. The molecule has 1 aliphatic heterocycles. The molecule has 0 aromatic carbocycles. The van der Waals surface area contributed by atoms with Gasteiger partial charge < -0.3 is 0 Å². The lowest BCUT2D eigenvalue weighted by Crippen LogP contribution is -2.27. The van der Waals surface area contributed by atoms with Crippen LogP contribution in [0.25, 0.3) is 0 Å². The van der Waals surface area contributed by atoms with E-state index in [2.05, 4.69) is 5.10 Å². The normalized spacial score (nSPS) is 14.2. The van der Waals surface area contributed by atoms with Crippen LogP contribution >= 0.6 is 11.3 Å². The van der Waals surface area contributed by atoms with Crippen molar-refractivity contribution < 1.29 is 4.79 Å². The van der Waals surface area contributed by atoms with E-state index in [-0.39, 0.29) is 11.5 Å². The van der Waals surface area contributed by atoms with Gasteiger partial charge in [-0.25, -0.2) is 9.48 Å². The second-order valence-electron chi connectivity index (χ2n) is 5.03. The van der Waals surface area contributed by atoms with Crippen LogP contribution in [0.5, 0.6) is 0 Å². The summed E-state index contributed by atoms with van der Waals surface area (Å²) in [5.41, 5.74) is -0.0247. The quantitative estimate of drug-likeness (QED) is 0.793. The van der Waals surface area contributed by atoms with Gasteiger partial charge in [0, 0.05) is 25.9 Å². The van der Waals surface area contributed by atoms with Gasteiger partial charge in [-0.2, -0.15) is 5.10 Å². The Morgan fingerprint density at radius 1 is 1.40 bits per heavy atom. The second-order valence-corrected chi connectivity index (χ2v) is 5.98. The van der Waals surface area contributed by atoms with Crippen molar-refractivity contribution in [3.8, 4) is 0 Å². The number of rotatable bonds is 5. The first-order valence-corrected chi connectivity index (χ1v) is 7.87. The minimum Gasteiger partial charge on any atom is -0.293 e. The predicted molar refractivity (Wildman–Crippen MR) is 77.3 cm³/mol. The van der Waals surface area contributed by atoms with E-state index in [9.17, 15) is 9.59 Å². The number of aromatic nitrogens is 3. The van der Waals surface area contributed by atoms with Crippen molar-refractivity contribution in [3.63, 3.8) is 0 Å². The molecule has 0 aliphatic carbocycles. The summed E-state index contributed by atoms with van der Waals surface area (Å²) in [7, 11) is 0. The lowest BCUT2D eigenvalue weighted by molar-refractivity contribution is 0.0982.